The summed E-state index contributed by atoms with van der Waals surface area (Å²) in [5, 5.41) is 9.02. The summed E-state index contributed by atoms with van der Waals surface area (Å²) in [6, 6.07) is 3.58. The van der Waals surface area contributed by atoms with Crippen molar-refractivity contribution < 1.29 is 9.84 Å². The zero-order chi connectivity index (χ0) is 12.7. The van der Waals surface area contributed by atoms with E-state index in [1.165, 1.54) is 0 Å². The van der Waals surface area contributed by atoms with Crippen LogP contribution in [0, 0.1) is 0 Å². The van der Waals surface area contributed by atoms with E-state index in [0.29, 0.717) is 24.7 Å². The van der Waals surface area contributed by atoms with Crippen LogP contribution in [0.3, 0.4) is 0 Å². The van der Waals surface area contributed by atoms with Crippen LogP contribution in [0.25, 0.3) is 0 Å². The van der Waals surface area contributed by atoms with Gasteiger partial charge >= 0.3 is 0 Å². The summed E-state index contributed by atoms with van der Waals surface area (Å²) >= 11 is 4.92. The molecule has 17 heavy (non-hydrogen) atoms. The molecule has 0 saturated heterocycles. The summed E-state index contributed by atoms with van der Waals surface area (Å²) < 4.78 is 5.02. The number of anilines is 1. The summed E-state index contributed by atoms with van der Waals surface area (Å²) in [4.78, 5) is 6.50. The quantitative estimate of drug-likeness (QED) is 0.676. The molecule has 0 fully saturated rings. The predicted molar refractivity (Wildman–Crippen MR) is 71.3 cm³/mol. The molecule has 0 saturated carbocycles. The minimum absolute atomic E-state index is 0.0582. The monoisotopic (exact) mass is 255 g/mol. The molecule has 0 radical (unpaired) electrons. The maximum Gasteiger partial charge on any atom is 0.129 e. The lowest BCUT2D eigenvalue weighted by Gasteiger charge is -2.22. The van der Waals surface area contributed by atoms with Gasteiger partial charge in [-0.15, -0.1) is 0 Å². The van der Waals surface area contributed by atoms with Gasteiger partial charge in [0.1, 0.15) is 10.8 Å². The third kappa shape index (κ3) is 4.26. The van der Waals surface area contributed by atoms with Gasteiger partial charge in [0.2, 0.25) is 0 Å². The van der Waals surface area contributed by atoms with Crippen molar-refractivity contribution in [1.82, 2.24) is 4.98 Å². The Morgan fingerprint density at radius 2 is 2.35 bits per heavy atom. The molecule has 0 spiro atoms. The fourth-order valence-electron chi connectivity index (χ4n) is 1.41. The van der Waals surface area contributed by atoms with Crippen LogP contribution >= 0.6 is 12.2 Å². The maximum atomic E-state index is 9.02. The van der Waals surface area contributed by atoms with E-state index in [1.807, 2.05) is 11.0 Å². The Morgan fingerprint density at radius 3 is 2.94 bits per heavy atom. The Bertz CT molecular complexity index is 373. The van der Waals surface area contributed by atoms with E-state index in [4.69, 9.17) is 27.8 Å². The van der Waals surface area contributed by atoms with Gasteiger partial charge in [-0.05, 0) is 12.1 Å². The molecule has 0 aliphatic carbocycles. The molecule has 0 bridgehead atoms. The Balaban J connectivity index is 2.84. The third-order valence-electron chi connectivity index (χ3n) is 2.29. The summed E-state index contributed by atoms with van der Waals surface area (Å²) in [7, 11) is 1.63. The molecule has 3 N–H and O–H groups in total. The number of hydrogen-bond donors (Lipinski definition) is 2. The van der Waals surface area contributed by atoms with Gasteiger partial charge in [0.15, 0.2) is 0 Å². The Morgan fingerprint density at radius 1 is 1.59 bits per heavy atom. The third-order valence-corrected chi connectivity index (χ3v) is 2.52. The number of aromatic nitrogens is 1. The zero-order valence-electron chi connectivity index (χ0n) is 9.80. The highest BCUT2D eigenvalue weighted by Crippen LogP contribution is 2.12. The van der Waals surface area contributed by atoms with Crippen molar-refractivity contribution in [3.8, 4) is 0 Å². The van der Waals surface area contributed by atoms with Gasteiger partial charge in [-0.1, -0.05) is 12.2 Å². The SMILES string of the molecule is COCCN(CCO)c1cc(C(N)=S)ccn1. The van der Waals surface area contributed by atoms with E-state index in [1.54, 1.807) is 19.4 Å². The maximum absolute atomic E-state index is 9.02. The first-order valence-corrected chi connectivity index (χ1v) is 5.70. The Kier molecular flexibility index (Phi) is 5.82. The molecular weight excluding hydrogens is 238 g/mol. The van der Waals surface area contributed by atoms with Gasteiger partial charge in [-0.3, -0.25) is 0 Å². The van der Waals surface area contributed by atoms with E-state index in [0.717, 1.165) is 11.4 Å². The van der Waals surface area contributed by atoms with Crippen LogP contribution in [0.2, 0.25) is 0 Å². The van der Waals surface area contributed by atoms with Crippen LogP contribution in [0.1, 0.15) is 5.56 Å². The number of methoxy groups -OCH3 is 1. The van der Waals surface area contributed by atoms with Crippen molar-refractivity contribution in [2.45, 2.75) is 0 Å². The normalized spacial score (nSPS) is 10.2. The molecule has 0 aliphatic heterocycles. The van der Waals surface area contributed by atoms with Gasteiger partial charge in [0.05, 0.1) is 13.2 Å². The first kappa shape index (κ1) is 13.8. The van der Waals surface area contributed by atoms with Gasteiger partial charge < -0.3 is 20.5 Å². The number of rotatable bonds is 7. The largest absolute Gasteiger partial charge is 0.395 e. The van der Waals surface area contributed by atoms with Gasteiger partial charge in [0, 0.05) is 32.0 Å². The van der Waals surface area contributed by atoms with Gasteiger partial charge in [0.25, 0.3) is 0 Å². The summed E-state index contributed by atoms with van der Waals surface area (Å²) in [6.07, 6.45) is 1.65. The number of pyridine rings is 1. The summed E-state index contributed by atoms with van der Waals surface area (Å²) in [5.74, 6) is 0.737. The number of aliphatic hydroxyl groups excluding tert-OH is 1. The second kappa shape index (κ2) is 7.16. The molecule has 0 amide bonds. The molecule has 0 atom stereocenters. The number of aliphatic hydroxyl groups is 1. The second-order valence-electron chi connectivity index (χ2n) is 3.47. The van der Waals surface area contributed by atoms with Crippen LogP contribution in [-0.2, 0) is 4.74 Å². The molecule has 94 valence electrons. The number of nitrogens with zero attached hydrogens (tertiary/aromatic N) is 2. The first-order chi connectivity index (χ1) is 8.19. The Hall–Kier alpha value is -1.24. The first-order valence-electron chi connectivity index (χ1n) is 5.29. The molecule has 1 heterocycles. The smallest absolute Gasteiger partial charge is 0.129 e. The van der Waals surface area contributed by atoms with E-state index >= 15 is 0 Å². The summed E-state index contributed by atoms with van der Waals surface area (Å²) in [5.41, 5.74) is 6.34. The molecule has 6 heteroatoms. The number of ether oxygens (including phenoxy) is 1. The number of hydrogen-bond acceptors (Lipinski definition) is 5. The highest BCUT2D eigenvalue weighted by atomic mass is 32.1. The minimum atomic E-state index is 0.0582. The molecule has 5 nitrogen and oxygen atoms in total. The topological polar surface area (TPSA) is 71.6 Å². The number of thiocarbonyl (C=S) groups is 1. The van der Waals surface area contributed by atoms with Crippen molar-refractivity contribution >= 4 is 23.0 Å². The van der Waals surface area contributed by atoms with E-state index < -0.39 is 0 Å². The van der Waals surface area contributed by atoms with Gasteiger partial charge in [-0.25, -0.2) is 4.98 Å². The van der Waals surface area contributed by atoms with E-state index in [-0.39, 0.29) is 6.61 Å². The fourth-order valence-corrected chi connectivity index (χ4v) is 1.53. The predicted octanol–water partition coefficient (Wildman–Crippen LogP) is 0.161. The van der Waals surface area contributed by atoms with Crippen LogP contribution in [0.4, 0.5) is 5.82 Å². The molecule has 1 aromatic heterocycles. The number of nitrogens with two attached hydrogens (primary N) is 1. The molecule has 1 rings (SSSR count). The van der Waals surface area contributed by atoms with Crippen molar-refractivity contribution in [1.29, 1.82) is 0 Å². The van der Waals surface area contributed by atoms with E-state index in [2.05, 4.69) is 4.98 Å². The second-order valence-corrected chi connectivity index (χ2v) is 3.91. The van der Waals surface area contributed by atoms with E-state index in [9.17, 15) is 0 Å². The fraction of sp³-hybridized carbons (Fsp3) is 0.455. The van der Waals surface area contributed by atoms with Crippen molar-refractivity contribution in [3.63, 3.8) is 0 Å². The van der Waals surface area contributed by atoms with Crippen molar-refractivity contribution in [3.05, 3.63) is 23.9 Å². The molecule has 0 aliphatic rings. The highest BCUT2D eigenvalue weighted by Gasteiger charge is 2.08. The minimum Gasteiger partial charge on any atom is -0.395 e. The van der Waals surface area contributed by atoms with Crippen LogP contribution < -0.4 is 10.6 Å². The van der Waals surface area contributed by atoms with Gasteiger partial charge in [-0.2, -0.15) is 0 Å². The lowest BCUT2D eigenvalue weighted by Crippen LogP contribution is -2.31. The van der Waals surface area contributed by atoms with Crippen LogP contribution in [0.15, 0.2) is 18.3 Å². The van der Waals surface area contributed by atoms with Crippen molar-refractivity contribution in [2.24, 2.45) is 5.73 Å². The molecule has 0 aromatic carbocycles. The zero-order valence-corrected chi connectivity index (χ0v) is 10.6. The lowest BCUT2D eigenvalue weighted by atomic mass is 10.2. The van der Waals surface area contributed by atoms with Crippen molar-refractivity contribution in [2.75, 3.05) is 38.3 Å². The highest BCUT2D eigenvalue weighted by molar-refractivity contribution is 7.80. The molecule has 0 unspecified atom stereocenters. The molecular formula is C11H17N3O2S. The lowest BCUT2D eigenvalue weighted by molar-refractivity contribution is 0.202. The average molecular weight is 255 g/mol. The standard InChI is InChI=1S/C11H17N3O2S/c1-16-7-5-14(4-6-15)10-8-9(11(12)17)2-3-13-10/h2-3,8,15H,4-7H2,1H3,(H2,12,17). The summed E-state index contributed by atoms with van der Waals surface area (Å²) in [6.45, 7) is 1.78. The molecule has 1 aromatic rings. The van der Waals surface area contributed by atoms with Crippen LogP contribution in [0.5, 0.6) is 0 Å². The van der Waals surface area contributed by atoms with Crippen LogP contribution in [-0.4, -0.2) is 48.5 Å². The average Bonchev–Trinajstić information content (AvgIpc) is 2.34. The Labute approximate surface area is 106 Å².